The molecule has 0 amide bonds. The van der Waals surface area contributed by atoms with E-state index in [1.54, 1.807) is 0 Å². The number of hydrogen-bond acceptors (Lipinski definition) is 13. The second-order valence-corrected chi connectivity index (χ2v) is 11.7. The van der Waals surface area contributed by atoms with Gasteiger partial charge in [-0.05, 0) is 48.5 Å². The van der Waals surface area contributed by atoms with Gasteiger partial charge in [0.15, 0.2) is 11.1 Å². The van der Waals surface area contributed by atoms with E-state index in [0.717, 1.165) is 11.7 Å². The molecule has 0 aliphatic carbocycles. The minimum atomic E-state index is -0.845. The van der Waals surface area contributed by atoms with Crippen molar-refractivity contribution in [3.8, 4) is 5.88 Å². The van der Waals surface area contributed by atoms with Crippen molar-refractivity contribution in [2.24, 2.45) is 5.92 Å². The van der Waals surface area contributed by atoms with Gasteiger partial charge >= 0.3 is 0 Å². The van der Waals surface area contributed by atoms with E-state index in [1.807, 2.05) is 48.5 Å². The highest BCUT2D eigenvalue weighted by molar-refractivity contribution is 8.00. The first-order valence-electron chi connectivity index (χ1n) is 10.4. The topological polar surface area (TPSA) is 164 Å². The summed E-state index contributed by atoms with van der Waals surface area (Å²) >= 11 is 2.35. The van der Waals surface area contributed by atoms with Gasteiger partial charge in [-0.2, -0.15) is 4.37 Å². The molecular formula is C18H32N6O7S2. The average Bonchev–Trinajstić information content (AvgIpc) is 3.14. The molecular weight excluding hydrogens is 476 g/mol. The molecule has 188 valence electrons. The maximum absolute atomic E-state index is 10.9. The van der Waals surface area contributed by atoms with Crippen LogP contribution in [0.1, 0.15) is 48.5 Å². The van der Waals surface area contributed by atoms with Gasteiger partial charge in [-0.25, -0.2) is 0 Å². The maximum atomic E-state index is 10.9. The van der Waals surface area contributed by atoms with E-state index in [9.17, 15) is 20.2 Å². The Morgan fingerprint density at radius 3 is 2.42 bits per heavy atom. The van der Waals surface area contributed by atoms with Gasteiger partial charge in [0.1, 0.15) is 13.2 Å². The first kappa shape index (κ1) is 27.3. The molecule has 0 spiro atoms. The summed E-state index contributed by atoms with van der Waals surface area (Å²) in [5.41, 5.74) is -1.07. The third-order valence-electron chi connectivity index (χ3n) is 5.18. The summed E-state index contributed by atoms with van der Waals surface area (Å²) in [6.45, 7) is 13.8. The first-order chi connectivity index (χ1) is 15.1. The standard InChI is InChI=1S/C18H32N6O7S2/c1-16(2,3)19-8-11(31-24(27)28)9-29-14-15(21-33-20-14)32-13-12(10-30-23(25)26)17(4,5)22-18(13,6)7/h11-13,19,22H,8-10H2,1-7H3. The molecule has 15 heteroatoms. The van der Waals surface area contributed by atoms with Crippen molar-refractivity contribution in [1.82, 2.24) is 19.4 Å². The Bertz CT molecular complexity index is 829. The monoisotopic (exact) mass is 508 g/mol. The van der Waals surface area contributed by atoms with E-state index in [-0.39, 0.29) is 42.3 Å². The van der Waals surface area contributed by atoms with Crippen LogP contribution < -0.4 is 15.4 Å². The minimum Gasteiger partial charge on any atom is -0.473 e. The number of aromatic nitrogens is 2. The molecule has 1 aliphatic heterocycles. The molecule has 1 aromatic heterocycles. The van der Waals surface area contributed by atoms with Gasteiger partial charge in [-0.1, -0.05) is 11.8 Å². The third kappa shape index (κ3) is 8.08. The summed E-state index contributed by atoms with van der Waals surface area (Å²) in [4.78, 5) is 31.1. The van der Waals surface area contributed by atoms with Crippen LogP contribution in [-0.2, 0) is 9.68 Å². The molecule has 1 saturated heterocycles. The quantitative estimate of drug-likeness (QED) is 0.313. The smallest absolute Gasteiger partial charge is 0.294 e. The van der Waals surface area contributed by atoms with Gasteiger partial charge in [0.25, 0.3) is 16.1 Å². The Morgan fingerprint density at radius 1 is 1.18 bits per heavy atom. The lowest BCUT2D eigenvalue weighted by Gasteiger charge is -2.29. The fraction of sp³-hybridized carbons (Fsp3) is 0.889. The van der Waals surface area contributed by atoms with Crippen molar-refractivity contribution < 1.29 is 24.6 Å². The Labute approximate surface area is 200 Å². The second kappa shape index (κ2) is 10.5. The Kier molecular flexibility index (Phi) is 8.70. The molecule has 1 aliphatic rings. The molecule has 13 nitrogen and oxygen atoms in total. The third-order valence-corrected chi connectivity index (χ3v) is 7.47. The van der Waals surface area contributed by atoms with Crippen molar-refractivity contribution in [2.75, 3.05) is 19.8 Å². The van der Waals surface area contributed by atoms with Crippen LogP contribution >= 0.6 is 23.5 Å². The molecule has 0 bridgehead atoms. The lowest BCUT2D eigenvalue weighted by Crippen LogP contribution is -2.46. The molecule has 33 heavy (non-hydrogen) atoms. The predicted molar refractivity (Wildman–Crippen MR) is 122 cm³/mol. The molecule has 0 radical (unpaired) electrons. The molecule has 3 unspecified atom stereocenters. The molecule has 2 heterocycles. The number of hydrogen-bond donors (Lipinski definition) is 2. The highest BCUT2D eigenvalue weighted by Gasteiger charge is 2.53. The van der Waals surface area contributed by atoms with E-state index in [4.69, 9.17) is 14.4 Å². The van der Waals surface area contributed by atoms with E-state index < -0.39 is 27.4 Å². The zero-order valence-corrected chi connectivity index (χ0v) is 21.4. The van der Waals surface area contributed by atoms with Crippen LogP contribution in [0.25, 0.3) is 0 Å². The van der Waals surface area contributed by atoms with Crippen LogP contribution in [0.5, 0.6) is 5.88 Å². The van der Waals surface area contributed by atoms with E-state index in [2.05, 4.69) is 19.4 Å². The van der Waals surface area contributed by atoms with Crippen molar-refractivity contribution in [3.05, 3.63) is 20.2 Å². The summed E-state index contributed by atoms with van der Waals surface area (Å²) < 4.78 is 14.3. The Morgan fingerprint density at radius 2 is 1.85 bits per heavy atom. The van der Waals surface area contributed by atoms with Crippen LogP contribution in [0.4, 0.5) is 0 Å². The molecule has 2 N–H and O–H groups in total. The first-order valence-corrected chi connectivity index (χ1v) is 12.0. The summed E-state index contributed by atoms with van der Waals surface area (Å²) in [6, 6.07) is 0. The molecule has 0 saturated carbocycles. The molecule has 0 aromatic carbocycles. The fourth-order valence-electron chi connectivity index (χ4n) is 3.84. The molecule has 3 atom stereocenters. The Balaban J connectivity index is 2.12. The highest BCUT2D eigenvalue weighted by atomic mass is 32.2. The average molecular weight is 509 g/mol. The predicted octanol–water partition coefficient (Wildman–Crippen LogP) is 2.33. The maximum Gasteiger partial charge on any atom is 0.294 e. The zero-order valence-electron chi connectivity index (χ0n) is 19.8. The van der Waals surface area contributed by atoms with Gasteiger partial charge in [-0.3, -0.25) is 0 Å². The van der Waals surface area contributed by atoms with Gasteiger partial charge in [0.2, 0.25) is 0 Å². The van der Waals surface area contributed by atoms with Crippen molar-refractivity contribution in [2.45, 2.75) is 81.5 Å². The van der Waals surface area contributed by atoms with E-state index >= 15 is 0 Å². The van der Waals surface area contributed by atoms with Crippen LogP contribution in [0.15, 0.2) is 5.03 Å². The SMILES string of the molecule is CC(C)(C)NCC(COc1nsnc1SC1C(CO[N+](=O)[O-])C(C)(C)NC1(C)C)O[N+](=O)[O-]. The van der Waals surface area contributed by atoms with Gasteiger partial charge in [0, 0.05) is 34.3 Å². The van der Waals surface area contributed by atoms with Gasteiger partial charge in [0.05, 0.1) is 11.7 Å². The lowest BCUT2D eigenvalue weighted by molar-refractivity contribution is -0.768. The minimum absolute atomic E-state index is 0.0704. The van der Waals surface area contributed by atoms with E-state index in [1.165, 1.54) is 11.8 Å². The number of nitrogens with one attached hydrogen (secondary N) is 2. The summed E-state index contributed by atoms with van der Waals surface area (Å²) in [7, 11) is 0. The Hall–Kier alpha value is -1.97. The summed E-state index contributed by atoms with van der Waals surface area (Å²) in [6.07, 6.45) is -0.844. The molecule has 1 fully saturated rings. The van der Waals surface area contributed by atoms with Gasteiger partial charge in [-0.15, -0.1) is 24.6 Å². The van der Waals surface area contributed by atoms with Crippen LogP contribution in [0.2, 0.25) is 0 Å². The highest BCUT2D eigenvalue weighted by Crippen LogP contribution is 2.47. The van der Waals surface area contributed by atoms with Crippen LogP contribution in [-0.4, -0.2) is 66.6 Å². The normalized spacial score (nSPS) is 22.5. The van der Waals surface area contributed by atoms with E-state index in [0.29, 0.717) is 5.03 Å². The van der Waals surface area contributed by atoms with Gasteiger partial charge < -0.3 is 25.0 Å². The second-order valence-electron chi connectivity index (χ2n) is 10.0. The summed E-state index contributed by atoms with van der Waals surface area (Å²) in [5.74, 6) is 0.0335. The zero-order chi connectivity index (χ0) is 25.0. The molecule has 1 aromatic rings. The molecule has 2 rings (SSSR count). The fourth-order valence-corrected chi connectivity index (χ4v) is 5.95. The number of rotatable bonds is 12. The summed E-state index contributed by atoms with van der Waals surface area (Å²) in [5, 5.41) is 27.1. The number of thioether (sulfide) groups is 1. The largest absolute Gasteiger partial charge is 0.473 e. The van der Waals surface area contributed by atoms with Crippen molar-refractivity contribution >= 4 is 23.5 Å². The van der Waals surface area contributed by atoms with Crippen molar-refractivity contribution in [1.29, 1.82) is 0 Å². The van der Waals surface area contributed by atoms with Crippen LogP contribution in [0, 0.1) is 26.1 Å². The lowest BCUT2D eigenvalue weighted by atomic mass is 9.87. The van der Waals surface area contributed by atoms with Crippen molar-refractivity contribution in [3.63, 3.8) is 0 Å². The number of ether oxygens (including phenoxy) is 1. The van der Waals surface area contributed by atoms with Crippen LogP contribution in [0.3, 0.4) is 0 Å². The number of nitrogens with zero attached hydrogens (tertiary/aromatic N) is 4.